The lowest BCUT2D eigenvalue weighted by Crippen LogP contribution is -2.21. The van der Waals surface area contributed by atoms with Gasteiger partial charge in [-0.05, 0) is 6.07 Å². The molecule has 86 valence electrons. The number of hydrogen-bond acceptors (Lipinski definition) is 1. The van der Waals surface area contributed by atoms with E-state index >= 15 is 0 Å². The quantitative estimate of drug-likeness (QED) is 0.688. The molecule has 1 aromatic rings. The Morgan fingerprint density at radius 2 is 1.87 bits per heavy atom. The summed E-state index contributed by atoms with van der Waals surface area (Å²) in [6.45, 7) is 5.40. The summed E-state index contributed by atoms with van der Waals surface area (Å²) in [6, 6.07) is 1.39. The van der Waals surface area contributed by atoms with Crippen LogP contribution in [0.3, 0.4) is 0 Å². The van der Waals surface area contributed by atoms with Crippen molar-refractivity contribution in [2.45, 2.75) is 38.4 Å². The number of rotatable bonds is 1. The smallest absolute Gasteiger partial charge is 0.174 e. The summed E-state index contributed by atoms with van der Waals surface area (Å²) in [6.07, 6.45) is -4.51. The van der Waals surface area contributed by atoms with Gasteiger partial charge in [-0.1, -0.05) is 20.8 Å². The van der Waals surface area contributed by atoms with Crippen LogP contribution in [-0.2, 0) is 17.6 Å². The zero-order valence-corrected chi connectivity index (χ0v) is 9.45. The standard InChI is InChI=1S/C9H12ClF3N2/c1-8(2,3)7-4-6(5-10)15(14-7)9(11,12)13/h4H,5H2,1-3H3. The van der Waals surface area contributed by atoms with Gasteiger partial charge in [0.1, 0.15) is 0 Å². The van der Waals surface area contributed by atoms with Gasteiger partial charge in [0.2, 0.25) is 0 Å². The SMILES string of the molecule is CC(C)(C)c1cc(CCl)n(C(F)(F)F)n1. The van der Waals surface area contributed by atoms with Crippen molar-refractivity contribution in [1.29, 1.82) is 0 Å². The van der Waals surface area contributed by atoms with E-state index in [9.17, 15) is 13.2 Å². The molecular formula is C9H12ClF3N2. The molecule has 0 aromatic carbocycles. The summed E-state index contributed by atoms with van der Waals surface area (Å²) < 4.78 is 37.5. The van der Waals surface area contributed by atoms with Crippen LogP contribution in [-0.4, -0.2) is 9.78 Å². The predicted octanol–water partition coefficient (Wildman–Crippen LogP) is 3.40. The van der Waals surface area contributed by atoms with Crippen LogP contribution in [0.5, 0.6) is 0 Å². The fourth-order valence-corrected chi connectivity index (χ4v) is 1.29. The molecular weight excluding hydrogens is 229 g/mol. The molecule has 0 atom stereocenters. The fourth-order valence-electron chi connectivity index (χ4n) is 1.10. The van der Waals surface area contributed by atoms with E-state index in [4.69, 9.17) is 11.6 Å². The van der Waals surface area contributed by atoms with Crippen LogP contribution in [0.1, 0.15) is 32.2 Å². The second kappa shape index (κ2) is 3.70. The van der Waals surface area contributed by atoms with E-state index in [0.717, 1.165) is 0 Å². The molecule has 0 unspecified atom stereocenters. The van der Waals surface area contributed by atoms with Crippen molar-refractivity contribution in [3.63, 3.8) is 0 Å². The van der Waals surface area contributed by atoms with Crippen LogP contribution in [0.15, 0.2) is 6.07 Å². The van der Waals surface area contributed by atoms with Gasteiger partial charge in [-0.15, -0.1) is 24.8 Å². The Morgan fingerprint density at radius 3 is 2.13 bits per heavy atom. The molecule has 0 saturated heterocycles. The minimum absolute atomic E-state index is 0.0284. The van der Waals surface area contributed by atoms with Gasteiger partial charge in [-0.2, -0.15) is 9.78 Å². The van der Waals surface area contributed by atoms with Crippen molar-refractivity contribution in [1.82, 2.24) is 9.78 Å². The largest absolute Gasteiger partial charge is 0.504 e. The van der Waals surface area contributed by atoms with Gasteiger partial charge < -0.3 is 0 Å². The highest BCUT2D eigenvalue weighted by Gasteiger charge is 2.35. The molecule has 0 aliphatic rings. The third kappa shape index (κ3) is 2.65. The zero-order valence-electron chi connectivity index (χ0n) is 8.69. The molecule has 6 heteroatoms. The highest BCUT2D eigenvalue weighted by molar-refractivity contribution is 6.16. The second-order valence-electron chi connectivity index (χ2n) is 4.28. The van der Waals surface area contributed by atoms with Gasteiger partial charge in [0.05, 0.1) is 17.3 Å². The molecule has 0 aliphatic carbocycles. The molecule has 1 aromatic heterocycles. The third-order valence-electron chi connectivity index (χ3n) is 1.93. The Labute approximate surface area is 91.0 Å². The van der Waals surface area contributed by atoms with E-state index in [1.165, 1.54) is 6.07 Å². The third-order valence-corrected chi connectivity index (χ3v) is 2.20. The molecule has 0 radical (unpaired) electrons. The normalized spacial score (nSPS) is 13.3. The van der Waals surface area contributed by atoms with Crippen LogP contribution in [0.2, 0.25) is 0 Å². The number of alkyl halides is 4. The lowest BCUT2D eigenvalue weighted by atomic mass is 9.92. The minimum atomic E-state index is -4.51. The summed E-state index contributed by atoms with van der Waals surface area (Å²) in [4.78, 5) is 0. The molecule has 0 aliphatic heterocycles. The van der Waals surface area contributed by atoms with Crippen LogP contribution < -0.4 is 0 Å². The highest BCUT2D eigenvalue weighted by Crippen LogP contribution is 2.29. The average Bonchev–Trinajstić information content (AvgIpc) is 2.44. The molecule has 0 amide bonds. The Morgan fingerprint density at radius 1 is 1.33 bits per heavy atom. The Bertz CT molecular complexity index is 349. The van der Waals surface area contributed by atoms with Crippen molar-refractivity contribution < 1.29 is 13.2 Å². The maximum absolute atomic E-state index is 12.5. The van der Waals surface area contributed by atoms with Crippen LogP contribution in [0, 0.1) is 0 Å². The van der Waals surface area contributed by atoms with E-state index in [1.807, 2.05) is 0 Å². The first-order chi connectivity index (χ1) is 6.66. The molecule has 0 saturated carbocycles. The van der Waals surface area contributed by atoms with Crippen molar-refractivity contribution in [3.05, 3.63) is 17.5 Å². The predicted molar refractivity (Wildman–Crippen MR) is 51.8 cm³/mol. The van der Waals surface area contributed by atoms with E-state index < -0.39 is 11.7 Å². The molecule has 2 nitrogen and oxygen atoms in total. The Kier molecular flexibility index (Phi) is 3.05. The monoisotopic (exact) mass is 240 g/mol. The first-order valence-corrected chi connectivity index (χ1v) is 4.92. The average molecular weight is 241 g/mol. The Hall–Kier alpha value is -0.710. The first-order valence-electron chi connectivity index (χ1n) is 4.39. The maximum Gasteiger partial charge on any atom is 0.504 e. The van der Waals surface area contributed by atoms with Crippen LogP contribution in [0.4, 0.5) is 13.2 Å². The second-order valence-corrected chi connectivity index (χ2v) is 4.55. The first kappa shape index (κ1) is 12.4. The molecule has 0 fully saturated rings. The van der Waals surface area contributed by atoms with Gasteiger partial charge in [-0.3, -0.25) is 0 Å². The molecule has 15 heavy (non-hydrogen) atoms. The van der Waals surface area contributed by atoms with Crippen LogP contribution in [0.25, 0.3) is 0 Å². The maximum atomic E-state index is 12.5. The summed E-state index contributed by atoms with van der Waals surface area (Å²) in [5.41, 5.74) is -0.0679. The number of aromatic nitrogens is 2. The van der Waals surface area contributed by atoms with Gasteiger partial charge in [0.25, 0.3) is 0 Å². The highest BCUT2D eigenvalue weighted by atomic mass is 35.5. The van der Waals surface area contributed by atoms with Gasteiger partial charge >= 0.3 is 6.30 Å². The van der Waals surface area contributed by atoms with Crippen molar-refractivity contribution >= 4 is 11.6 Å². The lowest BCUT2D eigenvalue weighted by Gasteiger charge is -2.14. The topological polar surface area (TPSA) is 17.8 Å². The minimum Gasteiger partial charge on any atom is -0.174 e. The molecule has 0 spiro atoms. The number of hydrogen-bond donors (Lipinski definition) is 0. The van der Waals surface area contributed by atoms with Crippen LogP contribution >= 0.6 is 11.6 Å². The van der Waals surface area contributed by atoms with E-state index in [2.05, 4.69) is 5.10 Å². The van der Waals surface area contributed by atoms with Gasteiger partial charge in [-0.25, -0.2) is 0 Å². The summed E-state index contributed by atoms with van der Waals surface area (Å²) in [5, 5.41) is 3.53. The Balaban J connectivity index is 3.24. The van der Waals surface area contributed by atoms with Crippen molar-refractivity contribution in [2.24, 2.45) is 0 Å². The van der Waals surface area contributed by atoms with Crippen molar-refractivity contribution in [2.75, 3.05) is 0 Å². The number of halogens is 4. The zero-order chi connectivity index (χ0) is 11.9. The van der Waals surface area contributed by atoms with E-state index in [0.29, 0.717) is 5.69 Å². The summed E-state index contributed by atoms with van der Waals surface area (Å²) >= 11 is 5.44. The van der Waals surface area contributed by atoms with Gasteiger partial charge in [0, 0.05) is 5.41 Å². The van der Waals surface area contributed by atoms with Gasteiger partial charge in [0.15, 0.2) is 0 Å². The summed E-state index contributed by atoms with van der Waals surface area (Å²) in [7, 11) is 0. The van der Waals surface area contributed by atoms with E-state index in [1.54, 1.807) is 20.8 Å². The fraction of sp³-hybridized carbons (Fsp3) is 0.667. The molecule has 0 N–H and O–H groups in total. The molecule has 1 heterocycles. The molecule has 1 rings (SSSR count). The summed E-state index contributed by atoms with van der Waals surface area (Å²) in [5.74, 6) is -0.206. The number of nitrogens with zero attached hydrogens (tertiary/aromatic N) is 2. The van der Waals surface area contributed by atoms with Crippen molar-refractivity contribution in [3.8, 4) is 0 Å². The lowest BCUT2D eigenvalue weighted by molar-refractivity contribution is -0.213. The van der Waals surface area contributed by atoms with E-state index in [-0.39, 0.29) is 16.3 Å². The molecule has 0 bridgehead atoms.